The molecule has 2 aromatic rings. The van der Waals surface area contributed by atoms with Crippen LogP contribution in [0.2, 0.25) is 0 Å². The first-order valence-electron chi connectivity index (χ1n) is 7.31. The van der Waals surface area contributed by atoms with Crippen LogP contribution in [0.15, 0.2) is 24.3 Å². The SMILES string of the molecule is COc1ccc(CC(=O)Nc2nc3c(s2)C[C@@H](N)CC3)cc1. The number of fused-ring (bicyclic) bond motifs is 1. The van der Waals surface area contributed by atoms with Gasteiger partial charge in [-0.05, 0) is 37.0 Å². The first-order valence-corrected chi connectivity index (χ1v) is 8.12. The van der Waals surface area contributed by atoms with Gasteiger partial charge in [-0.15, -0.1) is 11.3 Å². The summed E-state index contributed by atoms with van der Waals surface area (Å²) in [7, 11) is 1.62. The van der Waals surface area contributed by atoms with Crippen molar-refractivity contribution in [3.8, 4) is 5.75 Å². The zero-order chi connectivity index (χ0) is 15.5. The van der Waals surface area contributed by atoms with Gasteiger partial charge in [0, 0.05) is 10.9 Å². The Bertz CT molecular complexity index is 667. The Balaban J connectivity index is 1.61. The molecule has 1 aromatic heterocycles. The highest BCUT2D eigenvalue weighted by molar-refractivity contribution is 7.15. The second kappa shape index (κ2) is 6.46. The Morgan fingerprint density at radius 1 is 1.45 bits per heavy atom. The fraction of sp³-hybridized carbons (Fsp3) is 0.375. The zero-order valence-corrected chi connectivity index (χ0v) is 13.3. The predicted octanol–water partition coefficient (Wildman–Crippen LogP) is 2.15. The van der Waals surface area contributed by atoms with Crippen LogP contribution in [0.25, 0.3) is 0 Å². The second-order valence-corrected chi connectivity index (χ2v) is 6.55. The molecule has 1 atom stereocenters. The molecule has 1 aliphatic carbocycles. The molecule has 5 nitrogen and oxygen atoms in total. The van der Waals surface area contributed by atoms with E-state index in [2.05, 4.69) is 10.3 Å². The summed E-state index contributed by atoms with van der Waals surface area (Å²) in [6.07, 6.45) is 3.06. The van der Waals surface area contributed by atoms with Crippen LogP contribution in [0, 0.1) is 0 Å². The van der Waals surface area contributed by atoms with Crippen LogP contribution < -0.4 is 15.8 Å². The van der Waals surface area contributed by atoms with E-state index in [1.165, 1.54) is 4.88 Å². The highest BCUT2D eigenvalue weighted by Gasteiger charge is 2.20. The van der Waals surface area contributed by atoms with Crippen molar-refractivity contribution >= 4 is 22.4 Å². The standard InChI is InChI=1S/C16H19N3O2S/c1-21-12-5-2-10(3-6-12)8-15(20)19-16-18-13-7-4-11(17)9-14(13)22-16/h2-3,5-6,11H,4,7-9,17H2,1H3,(H,18,19,20)/t11-/m0/s1. The van der Waals surface area contributed by atoms with Gasteiger partial charge in [0.1, 0.15) is 5.75 Å². The maximum atomic E-state index is 12.1. The van der Waals surface area contributed by atoms with E-state index < -0.39 is 0 Å². The van der Waals surface area contributed by atoms with E-state index in [1.54, 1.807) is 18.4 Å². The zero-order valence-electron chi connectivity index (χ0n) is 12.5. The molecule has 22 heavy (non-hydrogen) atoms. The lowest BCUT2D eigenvalue weighted by Gasteiger charge is -2.15. The van der Waals surface area contributed by atoms with Crippen molar-refractivity contribution in [3.63, 3.8) is 0 Å². The number of carbonyl (C=O) groups excluding carboxylic acids is 1. The highest BCUT2D eigenvalue weighted by atomic mass is 32.1. The topological polar surface area (TPSA) is 77.2 Å². The minimum atomic E-state index is -0.0550. The van der Waals surface area contributed by atoms with E-state index in [-0.39, 0.29) is 11.9 Å². The van der Waals surface area contributed by atoms with Gasteiger partial charge >= 0.3 is 0 Å². The number of hydrogen-bond donors (Lipinski definition) is 2. The molecule has 6 heteroatoms. The van der Waals surface area contributed by atoms with Crippen molar-refractivity contribution in [1.82, 2.24) is 4.98 Å². The molecule has 0 fully saturated rings. The number of nitrogens with two attached hydrogens (primary N) is 1. The summed E-state index contributed by atoms with van der Waals surface area (Å²) < 4.78 is 5.11. The van der Waals surface area contributed by atoms with Crippen LogP contribution in [0.5, 0.6) is 5.75 Å². The molecular formula is C16H19N3O2S. The molecule has 0 saturated carbocycles. The summed E-state index contributed by atoms with van der Waals surface area (Å²) in [4.78, 5) is 17.8. The van der Waals surface area contributed by atoms with Crippen molar-refractivity contribution in [2.24, 2.45) is 5.73 Å². The molecule has 0 aliphatic heterocycles. The molecular weight excluding hydrogens is 298 g/mol. The van der Waals surface area contributed by atoms with E-state index in [1.807, 2.05) is 24.3 Å². The summed E-state index contributed by atoms with van der Waals surface area (Å²) in [5, 5.41) is 3.57. The van der Waals surface area contributed by atoms with Crippen LogP contribution in [0.1, 0.15) is 22.6 Å². The van der Waals surface area contributed by atoms with Crippen LogP contribution in [0.4, 0.5) is 5.13 Å². The molecule has 1 aromatic carbocycles. The van der Waals surface area contributed by atoms with E-state index in [0.29, 0.717) is 11.6 Å². The summed E-state index contributed by atoms with van der Waals surface area (Å²) in [6, 6.07) is 7.71. The minimum absolute atomic E-state index is 0.0550. The normalized spacial score (nSPS) is 16.9. The minimum Gasteiger partial charge on any atom is -0.497 e. The Labute approximate surface area is 133 Å². The van der Waals surface area contributed by atoms with E-state index >= 15 is 0 Å². The predicted molar refractivity (Wildman–Crippen MR) is 87.4 cm³/mol. The lowest BCUT2D eigenvalue weighted by molar-refractivity contribution is -0.115. The van der Waals surface area contributed by atoms with Crippen LogP contribution >= 0.6 is 11.3 Å². The molecule has 0 bridgehead atoms. The van der Waals surface area contributed by atoms with Crippen molar-refractivity contribution in [1.29, 1.82) is 0 Å². The number of aromatic nitrogens is 1. The van der Waals surface area contributed by atoms with Crippen LogP contribution in [-0.4, -0.2) is 24.0 Å². The number of anilines is 1. The number of methoxy groups -OCH3 is 1. The number of ether oxygens (including phenoxy) is 1. The van der Waals surface area contributed by atoms with E-state index in [4.69, 9.17) is 10.5 Å². The Morgan fingerprint density at radius 2 is 2.23 bits per heavy atom. The molecule has 0 saturated heterocycles. The van der Waals surface area contributed by atoms with Gasteiger partial charge < -0.3 is 15.8 Å². The Kier molecular flexibility index (Phi) is 4.40. The summed E-state index contributed by atoms with van der Waals surface area (Å²) in [6.45, 7) is 0. The fourth-order valence-electron chi connectivity index (χ4n) is 2.55. The van der Waals surface area contributed by atoms with Crippen LogP contribution in [-0.2, 0) is 24.1 Å². The van der Waals surface area contributed by atoms with Gasteiger partial charge in [-0.3, -0.25) is 4.79 Å². The first-order chi connectivity index (χ1) is 10.6. The maximum Gasteiger partial charge on any atom is 0.230 e. The average Bonchev–Trinajstić information content (AvgIpc) is 2.89. The molecule has 1 heterocycles. The maximum absolute atomic E-state index is 12.1. The Hall–Kier alpha value is -1.92. The molecule has 116 valence electrons. The highest BCUT2D eigenvalue weighted by Crippen LogP contribution is 2.29. The molecule has 3 N–H and O–H groups in total. The monoisotopic (exact) mass is 317 g/mol. The van der Waals surface area contributed by atoms with Gasteiger partial charge in [-0.25, -0.2) is 4.98 Å². The number of carbonyl (C=O) groups is 1. The van der Waals surface area contributed by atoms with Gasteiger partial charge in [0.25, 0.3) is 0 Å². The third-order valence-corrected chi connectivity index (χ3v) is 4.78. The number of nitrogens with zero attached hydrogens (tertiary/aromatic N) is 1. The molecule has 1 aliphatic rings. The van der Waals surface area contributed by atoms with Crippen molar-refractivity contribution in [2.75, 3.05) is 12.4 Å². The number of thiazole rings is 1. The number of amides is 1. The fourth-order valence-corrected chi connectivity index (χ4v) is 3.66. The molecule has 3 rings (SSSR count). The summed E-state index contributed by atoms with van der Waals surface area (Å²) >= 11 is 1.54. The van der Waals surface area contributed by atoms with Gasteiger partial charge in [-0.2, -0.15) is 0 Å². The average molecular weight is 317 g/mol. The van der Waals surface area contributed by atoms with Crippen LogP contribution in [0.3, 0.4) is 0 Å². The second-order valence-electron chi connectivity index (χ2n) is 5.46. The quantitative estimate of drug-likeness (QED) is 0.906. The number of benzene rings is 1. The third kappa shape index (κ3) is 3.45. The first kappa shape index (κ1) is 15.0. The van der Waals surface area contributed by atoms with E-state index in [0.717, 1.165) is 36.3 Å². The number of rotatable bonds is 4. The van der Waals surface area contributed by atoms with Crippen molar-refractivity contribution < 1.29 is 9.53 Å². The van der Waals surface area contributed by atoms with Gasteiger partial charge in [-0.1, -0.05) is 12.1 Å². The van der Waals surface area contributed by atoms with Crippen molar-refractivity contribution in [3.05, 3.63) is 40.4 Å². The number of hydrogen-bond acceptors (Lipinski definition) is 5. The summed E-state index contributed by atoms with van der Waals surface area (Å²) in [5.74, 6) is 0.730. The largest absolute Gasteiger partial charge is 0.497 e. The third-order valence-electron chi connectivity index (χ3n) is 3.75. The van der Waals surface area contributed by atoms with E-state index in [9.17, 15) is 4.79 Å². The molecule has 0 radical (unpaired) electrons. The lowest BCUT2D eigenvalue weighted by atomic mass is 9.99. The van der Waals surface area contributed by atoms with Gasteiger partial charge in [0.05, 0.1) is 19.2 Å². The lowest BCUT2D eigenvalue weighted by Crippen LogP contribution is -2.27. The number of nitrogens with one attached hydrogen (secondary N) is 1. The van der Waals surface area contributed by atoms with Gasteiger partial charge in [0.2, 0.25) is 5.91 Å². The molecule has 1 amide bonds. The smallest absolute Gasteiger partial charge is 0.230 e. The van der Waals surface area contributed by atoms with Gasteiger partial charge in [0.15, 0.2) is 5.13 Å². The molecule has 0 spiro atoms. The number of aryl methyl sites for hydroxylation is 1. The van der Waals surface area contributed by atoms with Crippen molar-refractivity contribution in [2.45, 2.75) is 31.7 Å². The molecule has 0 unspecified atom stereocenters. The Morgan fingerprint density at radius 3 is 2.95 bits per heavy atom. The summed E-state index contributed by atoms with van der Waals surface area (Å²) in [5.41, 5.74) is 8.00.